The zero-order chi connectivity index (χ0) is 11.9. The molecule has 4 nitrogen and oxygen atoms in total. The Kier molecular flexibility index (Phi) is 6.89. The van der Waals surface area contributed by atoms with Crippen LogP contribution in [0, 0.1) is 0 Å². The Balaban J connectivity index is 4.48. The fourth-order valence-electron chi connectivity index (χ4n) is 1.37. The van der Waals surface area contributed by atoms with Gasteiger partial charge in [0.05, 0.1) is 0 Å². The van der Waals surface area contributed by atoms with Crippen LogP contribution in [0.15, 0.2) is 0 Å². The summed E-state index contributed by atoms with van der Waals surface area (Å²) >= 11 is 0. The van der Waals surface area contributed by atoms with Crippen molar-refractivity contribution in [2.75, 3.05) is 21.3 Å². The van der Waals surface area contributed by atoms with E-state index in [9.17, 15) is 0 Å². The second-order valence-electron chi connectivity index (χ2n) is 4.10. The summed E-state index contributed by atoms with van der Waals surface area (Å²) in [5.74, 6) is 0. The van der Waals surface area contributed by atoms with Gasteiger partial charge in [-0.05, 0) is 13.1 Å². The van der Waals surface area contributed by atoms with Gasteiger partial charge in [-0.25, -0.2) is 0 Å². The normalized spacial score (nSPS) is 13.2. The van der Waals surface area contributed by atoms with E-state index in [4.69, 9.17) is 13.3 Å². The second-order valence-corrected chi connectivity index (χ2v) is 11.4. The molecular weight excluding hydrogens is 226 g/mol. The van der Waals surface area contributed by atoms with Crippen molar-refractivity contribution < 1.29 is 13.3 Å². The average molecular weight is 251 g/mol. The molecule has 0 fully saturated rings. The second kappa shape index (κ2) is 6.77. The fraction of sp³-hybridized carbons (Fsp3) is 1.00. The van der Waals surface area contributed by atoms with E-state index in [2.05, 4.69) is 24.7 Å². The highest BCUT2D eigenvalue weighted by atomic mass is 28.4. The summed E-state index contributed by atoms with van der Waals surface area (Å²) in [7, 11) is 1.10. The number of rotatable bonds is 8. The molecule has 0 heterocycles. The Morgan fingerprint density at radius 2 is 1.53 bits per heavy atom. The van der Waals surface area contributed by atoms with Gasteiger partial charge in [0.1, 0.15) is 0 Å². The fourth-order valence-corrected chi connectivity index (χ4v) is 8.16. The molecule has 0 amide bonds. The molecule has 15 heavy (non-hydrogen) atoms. The molecule has 0 saturated heterocycles. The molecule has 0 bridgehead atoms. The first-order valence-electron chi connectivity index (χ1n) is 5.40. The average Bonchev–Trinajstić information content (AvgIpc) is 2.24. The van der Waals surface area contributed by atoms with Gasteiger partial charge < -0.3 is 13.3 Å². The Bertz CT molecular complexity index is 175. The van der Waals surface area contributed by atoms with E-state index >= 15 is 0 Å². The lowest BCUT2D eigenvalue weighted by Crippen LogP contribution is -2.65. The van der Waals surface area contributed by atoms with Crippen molar-refractivity contribution in [3.63, 3.8) is 0 Å². The SMILES string of the molecule is CCCC[Si](N[Si](C)(C)OC)(OC)OC. The van der Waals surface area contributed by atoms with Crippen molar-refractivity contribution in [1.29, 1.82) is 0 Å². The van der Waals surface area contributed by atoms with Gasteiger partial charge in [-0.2, -0.15) is 0 Å². The van der Waals surface area contributed by atoms with E-state index in [1.807, 2.05) is 0 Å². The van der Waals surface area contributed by atoms with Crippen LogP contribution in [0.3, 0.4) is 0 Å². The lowest BCUT2D eigenvalue weighted by atomic mass is 10.4. The monoisotopic (exact) mass is 251 g/mol. The Labute approximate surface area is 95.8 Å². The van der Waals surface area contributed by atoms with Gasteiger partial charge in [0.15, 0.2) is 0 Å². The lowest BCUT2D eigenvalue weighted by molar-refractivity contribution is 0.230. The molecule has 0 unspecified atom stereocenters. The summed E-state index contributed by atoms with van der Waals surface area (Å²) < 4.78 is 20.2. The molecule has 0 aliphatic heterocycles. The molecule has 0 aromatic carbocycles. The summed E-state index contributed by atoms with van der Waals surface area (Å²) in [6, 6.07) is 0.969. The van der Waals surface area contributed by atoms with Gasteiger partial charge in [-0.3, -0.25) is 4.65 Å². The van der Waals surface area contributed by atoms with E-state index in [-0.39, 0.29) is 0 Å². The molecule has 0 aromatic rings. The first-order valence-corrected chi connectivity index (χ1v) is 10.3. The van der Waals surface area contributed by atoms with E-state index in [1.165, 1.54) is 0 Å². The molecule has 92 valence electrons. The smallest absolute Gasteiger partial charge is 0.407 e. The lowest BCUT2D eigenvalue weighted by Gasteiger charge is -2.34. The molecule has 0 atom stereocenters. The van der Waals surface area contributed by atoms with Gasteiger partial charge in [0, 0.05) is 27.4 Å². The predicted molar refractivity (Wildman–Crippen MR) is 67.1 cm³/mol. The molecule has 6 heteroatoms. The zero-order valence-electron chi connectivity index (χ0n) is 10.8. The molecule has 0 aliphatic rings. The van der Waals surface area contributed by atoms with Crippen LogP contribution < -0.4 is 4.65 Å². The first-order chi connectivity index (χ1) is 6.95. The zero-order valence-corrected chi connectivity index (χ0v) is 12.8. The van der Waals surface area contributed by atoms with Crippen LogP contribution in [0.25, 0.3) is 0 Å². The number of hydrogen-bond acceptors (Lipinski definition) is 4. The van der Waals surface area contributed by atoms with Crippen LogP contribution in [0.4, 0.5) is 0 Å². The highest BCUT2D eigenvalue weighted by molar-refractivity contribution is 6.83. The summed E-state index contributed by atoms with van der Waals surface area (Å²) in [6.45, 7) is 6.39. The third kappa shape index (κ3) is 5.23. The highest BCUT2D eigenvalue weighted by Gasteiger charge is 2.42. The maximum Gasteiger partial charge on any atom is 0.419 e. The Morgan fingerprint density at radius 3 is 1.87 bits per heavy atom. The topological polar surface area (TPSA) is 39.7 Å². The van der Waals surface area contributed by atoms with Crippen molar-refractivity contribution >= 4 is 17.2 Å². The molecular formula is C9H25NO3Si2. The van der Waals surface area contributed by atoms with Gasteiger partial charge in [-0.15, -0.1) is 0 Å². The highest BCUT2D eigenvalue weighted by Crippen LogP contribution is 2.15. The number of hydrogen-bond donors (Lipinski definition) is 1. The van der Waals surface area contributed by atoms with Gasteiger partial charge in [-0.1, -0.05) is 19.8 Å². The van der Waals surface area contributed by atoms with Crippen molar-refractivity contribution in [1.82, 2.24) is 4.65 Å². The molecule has 1 N–H and O–H groups in total. The summed E-state index contributed by atoms with van der Waals surface area (Å²) in [4.78, 5) is 0. The maximum absolute atomic E-state index is 5.59. The minimum Gasteiger partial charge on any atom is -0.407 e. The molecule has 0 rings (SSSR count). The minimum absolute atomic E-state index is 0.969. The van der Waals surface area contributed by atoms with Crippen molar-refractivity contribution in [3.05, 3.63) is 0 Å². The van der Waals surface area contributed by atoms with Crippen LogP contribution >= 0.6 is 0 Å². The van der Waals surface area contributed by atoms with E-state index in [0.717, 1.165) is 18.9 Å². The van der Waals surface area contributed by atoms with E-state index in [1.54, 1.807) is 21.3 Å². The third-order valence-electron chi connectivity index (χ3n) is 2.52. The summed E-state index contributed by atoms with van der Waals surface area (Å²) in [6.07, 6.45) is 2.27. The largest absolute Gasteiger partial charge is 0.419 e. The van der Waals surface area contributed by atoms with Gasteiger partial charge in [0.2, 0.25) is 0 Å². The molecule has 0 aliphatic carbocycles. The maximum atomic E-state index is 5.59. The van der Waals surface area contributed by atoms with Crippen molar-refractivity contribution in [3.8, 4) is 0 Å². The first kappa shape index (κ1) is 15.3. The van der Waals surface area contributed by atoms with Crippen molar-refractivity contribution in [2.24, 2.45) is 0 Å². The molecule has 0 aromatic heterocycles. The number of nitrogens with one attached hydrogen (secondary N) is 1. The summed E-state index contributed by atoms with van der Waals surface area (Å²) in [5, 5.41) is 0. The van der Waals surface area contributed by atoms with Crippen LogP contribution in [-0.2, 0) is 13.3 Å². The predicted octanol–water partition coefficient (Wildman–Crippen LogP) is 1.96. The van der Waals surface area contributed by atoms with Gasteiger partial charge >= 0.3 is 8.72 Å². The van der Waals surface area contributed by atoms with Crippen LogP contribution in [0.1, 0.15) is 19.8 Å². The Hall–Kier alpha value is 0.274. The van der Waals surface area contributed by atoms with Gasteiger partial charge in [0.25, 0.3) is 8.48 Å². The summed E-state index contributed by atoms with van der Waals surface area (Å²) in [5.41, 5.74) is 0. The molecule has 0 saturated carbocycles. The van der Waals surface area contributed by atoms with E-state index < -0.39 is 17.2 Å². The Morgan fingerprint density at radius 1 is 1.00 bits per heavy atom. The minimum atomic E-state index is -2.23. The van der Waals surface area contributed by atoms with Crippen molar-refractivity contribution in [2.45, 2.75) is 38.9 Å². The van der Waals surface area contributed by atoms with E-state index in [0.29, 0.717) is 0 Å². The quantitative estimate of drug-likeness (QED) is 0.670. The van der Waals surface area contributed by atoms with Crippen LogP contribution in [0.5, 0.6) is 0 Å². The van der Waals surface area contributed by atoms with Crippen LogP contribution in [-0.4, -0.2) is 38.5 Å². The third-order valence-corrected chi connectivity index (χ3v) is 9.80. The molecule has 0 radical (unpaired) electrons. The molecule has 0 spiro atoms. The number of unbranched alkanes of at least 4 members (excludes halogenated alkanes) is 1. The standard InChI is InChI=1S/C9H25NO3Si2/c1-7-8-9-15(12-3,13-4)10-14(5,6)11-2/h10H,7-9H2,1-6H3. The van der Waals surface area contributed by atoms with Crippen LogP contribution in [0.2, 0.25) is 19.1 Å².